The minimum absolute atomic E-state index is 0.213. The maximum Gasteiger partial charge on any atom is 0.265 e. The molecule has 0 aliphatic heterocycles. The van der Waals surface area contributed by atoms with Crippen LogP contribution in [0.3, 0.4) is 0 Å². The van der Waals surface area contributed by atoms with Crippen molar-refractivity contribution < 1.29 is 17.4 Å². The zero-order valence-electron chi connectivity index (χ0n) is 13.6. The SMILES string of the molecule is CN(C)c1ccc(C(OS(C)(=O)=O)C(=O)c2ccccc2Cl)cc1. The summed E-state index contributed by atoms with van der Waals surface area (Å²) >= 11 is 6.06. The van der Waals surface area contributed by atoms with Crippen LogP contribution in [0.2, 0.25) is 5.02 Å². The lowest BCUT2D eigenvalue weighted by molar-refractivity contribution is 0.0803. The molecule has 0 heterocycles. The molecule has 0 saturated carbocycles. The fraction of sp³-hybridized carbons (Fsp3) is 0.235. The highest BCUT2D eigenvalue weighted by Gasteiger charge is 2.28. The van der Waals surface area contributed by atoms with Crippen LogP contribution in [-0.4, -0.2) is 34.6 Å². The lowest BCUT2D eigenvalue weighted by Crippen LogP contribution is -2.20. The van der Waals surface area contributed by atoms with E-state index in [0.717, 1.165) is 11.9 Å². The monoisotopic (exact) mass is 367 g/mol. The lowest BCUT2D eigenvalue weighted by Gasteiger charge is -2.18. The van der Waals surface area contributed by atoms with Crippen molar-refractivity contribution in [3.8, 4) is 0 Å². The van der Waals surface area contributed by atoms with Crippen molar-refractivity contribution >= 4 is 33.2 Å². The summed E-state index contributed by atoms with van der Waals surface area (Å²) in [6, 6.07) is 13.4. The molecule has 0 bridgehead atoms. The van der Waals surface area contributed by atoms with Crippen molar-refractivity contribution in [3.05, 3.63) is 64.7 Å². The summed E-state index contributed by atoms with van der Waals surface area (Å²) in [4.78, 5) is 14.7. The minimum atomic E-state index is -3.84. The molecule has 0 saturated heterocycles. The van der Waals surface area contributed by atoms with Crippen molar-refractivity contribution in [2.24, 2.45) is 0 Å². The molecule has 5 nitrogen and oxygen atoms in total. The maximum absolute atomic E-state index is 12.8. The lowest BCUT2D eigenvalue weighted by atomic mass is 9.99. The minimum Gasteiger partial charge on any atom is -0.378 e. The molecule has 0 N–H and O–H groups in total. The van der Waals surface area contributed by atoms with Gasteiger partial charge in [-0.3, -0.25) is 8.98 Å². The Morgan fingerprint density at radius 2 is 1.67 bits per heavy atom. The van der Waals surface area contributed by atoms with Crippen molar-refractivity contribution in [2.45, 2.75) is 6.10 Å². The van der Waals surface area contributed by atoms with E-state index in [0.29, 0.717) is 5.56 Å². The molecule has 0 aliphatic carbocycles. The average Bonchev–Trinajstić information content (AvgIpc) is 2.52. The first-order valence-electron chi connectivity index (χ1n) is 7.13. The zero-order valence-corrected chi connectivity index (χ0v) is 15.1. The largest absolute Gasteiger partial charge is 0.378 e. The third-order valence-corrected chi connectivity index (χ3v) is 4.23. The number of hydrogen-bond acceptors (Lipinski definition) is 5. The van der Waals surface area contributed by atoms with Gasteiger partial charge in [0.15, 0.2) is 11.9 Å². The fourth-order valence-corrected chi connectivity index (χ4v) is 2.95. The molecule has 2 aromatic rings. The molecule has 24 heavy (non-hydrogen) atoms. The van der Waals surface area contributed by atoms with Gasteiger partial charge in [-0.15, -0.1) is 0 Å². The van der Waals surface area contributed by atoms with E-state index in [-0.39, 0.29) is 10.6 Å². The van der Waals surface area contributed by atoms with Crippen LogP contribution in [-0.2, 0) is 14.3 Å². The topological polar surface area (TPSA) is 63.7 Å². The van der Waals surface area contributed by atoms with Gasteiger partial charge in [-0.25, -0.2) is 0 Å². The van der Waals surface area contributed by atoms with Gasteiger partial charge in [-0.1, -0.05) is 35.9 Å². The molecule has 7 heteroatoms. The number of halogens is 1. The van der Waals surface area contributed by atoms with E-state index in [1.165, 1.54) is 6.07 Å². The molecule has 1 atom stereocenters. The quantitative estimate of drug-likeness (QED) is 0.579. The number of rotatable bonds is 6. The predicted molar refractivity (Wildman–Crippen MR) is 95.2 cm³/mol. The van der Waals surface area contributed by atoms with E-state index in [2.05, 4.69) is 0 Å². The van der Waals surface area contributed by atoms with Crippen molar-refractivity contribution in [1.82, 2.24) is 0 Å². The van der Waals surface area contributed by atoms with Gasteiger partial charge in [-0.05, 0) is 29.8 Å². The van der Waals surface area contributed by atoms with Crippen molar-refractivity contribution in [2.75, 3.05) is 25.3 Å². The van der Waals surface area contributed by atoms with E-state index in [1.54, 1.807) is 42.5 Å². The summed E-state index contributed by atoms with van der Waals surface area (Å²) in [6.07, 6.45) is -0.371. The molecule has 2 rings (SSSR count). The van der Waals surface area contributed by atoms with E-state index in [9.17, 15) is 13.2 Å². The van der Waals surface area contributed by atoms with E-state index in [1.807, 2.05) is 19.0 Å². The Kier molecular flexibility index (Phi) is 5.64. The highest BCUT2D eigenvalue weighted by molar-refractivity contribution is 7.86. The van der Waals surface area contributed by atoms with Crippen LogP contribution in [0.1, 0.15) is 22.0 Å². The highest BCUT2D eigenvalue weighted by atomic mass is 35.5. The standard InChI is InChI=1S/C17H18ClNO4S/c1-19(2)13-10-8-12(9-11-13)17(23-24(3,21)22)16(20)14-6-4-5-7-15(14)18/h4-11,17H,1-3H3. The fourth-order valence-electron chi connectivity index (χ4n) is 2.17. The first-order chi connectivity index (χ1) is 11.2. The molecule has 1 unspecified atom stereocenters. The third kappa shape index (κ3) is 4.56. The smallest absolute Gasteiger partial charge is 0.265 e. The number of hydrogen-bond donors (Lipinski definition) is 0. The van der Waals surface area contributed by atoms with Crippen LogP contribution in [0, 0.1) is 0 Å². The maximum atomic E-state index is 12.8. The summed E-state index contributed by atoms with van der Waals surface area (Å²) in [7, 11) is -0.0715. The molecule has 128 valence electrons. The Bertz CT molecular complexity index is 832. The highest BCUT2D eigenvalue weighted by Crippen LogP contribution is 2.28. The second-order valence-corrected chi connectivity index (χ2v) is 7.52. The molecule has 0 aromatic heterocycles. The summed E-state index contributed by atoms with van der Waals surface area (Å²) in [5.74, 6) is -0.511. The Morgan fingerprint density at radius 3 is 2.17 bits per heavy atom. The summed E-state index contributed by atoms with van der Waals surface area (Å²) in [5, 5.41) is 0.245. The molecule has 0 spiro atoms. The second kappa shape index (κ2) is 7.34. The van der Waals surface area contributed by atoms with Crippen LogP contribution in [0.4, 0.5) is 5.69 Å². The van der Waals surface area contributed by atoms with Gasteiger partial charge >= 0.3 is 0 Å². The molecule has 2 aromatic carbocycles. The molecular formula is C17H18ClNO4S. The van der Waals surface area contributed by atoms with Crippen molar-refractivity contribution in [3.63, 3.8) is 0 Å². The van der Waals surface area contributed by atoms with Crippen LogP contribution in [0.25, 0.3) is 0 Å². The molecule has 0 amide bonds. The number of Topliss-reactive ketones (excluding diaryl/α,β-unsaturated/α-hetero) is 1. The van der Waals surface area contributed by atoms with Crippen LogP contribution in [0.5, 0.6) is 0 Å². The number of ketones is 1. The zero-order chi connectivity index (χ0) is 17.9. The molecule has 0 fully saturated rings. The van der Waals surface area contributed by atoms with E-state index >= 15 is 0 Å². The number of carbonyl (C=O) groups is 1. The first kappa shape index (κ1) is 18.4. The van der Waals surface area contributed by atoms with Gasteiger partial charge in [0.25, 0.3) is 10.1 Å². The summed E-state index contributed by atoms with van der Waals surface area (Å²) in [5.41, 5.74) is 1.57. The van der Waals surface area contributed by atoms with Gasteiger partial charge in [0.05, 0.1) is 11.3 Å². The number of nitrogens with zero attached hydrogens (tertiary/aromatic N) is 1. The summed E-state index contributed by atoms with van der Waals surface area (Å²) < 4.78 is 28.2. The Balaban J connectivity index is 2.45. The van der Waals surface area contributed by atoms with Gasteiger partial charge < -0.3 is 4.90 Å². The molecule has 0 radical (unpaired) electrons. The predicted octanol–water partition coefficient (Wildman–Crippen LogP) is 3.31. The van der Waals surface area contributed by atoms with Crippen LogP contribution >= 0.6 is 11.6 Å². The third-order valence-electron chi connectivity index (χ3n) is 3.36. The van der Waals surface area contributed by atoms with E-state index < -0.39 is 22.0 Å². The molecule has 0 aliphatic rings. The second-order valence-electron chi connectivity index (χ2n) is 5.51. The normalized spacial score (nSPS) is 12.7. The Morgan fingerprint density at radius 1 is 1.08 bits per heavy atom. The van der Waals surface area contributed by atoms with Gasteiger partial charge in [-0.2, -0.15) is 8.42 Å². The van der Waals surface area contributed by atoms with Crippen LogP contribution < -0.4 is 4.90 Å². The Hall–Kier alpha value is -1.89. The first-order valence-corrected chi connectivity index (χ1v) is 9.33. The Labute approximate surface area is 146 Å². The van der Waals surface area contributed by atoms with Gasteiger partial charge in [0.1, 0.15) is 0 Å². The summed E-state index contributed by atoms with van der Waals surface area (Å²) in [6.45, 7) is 0. The van der Waals surface area contributed by atoms with Crippen molar-refractivity contribution in [1.29, 1.82) is 0 Å². The average molecular weight is 368 g/mol. The number of anilines is 1. The number of carbonyl (C=O) groups excluding carboxylic acids is 1. The van der Waals surface area contributed by atoms with Crippen LogP contribution in [0.15, 0.2) is 48.5 Å². The van der Waals surface area contributed by atoms with Gasteiger partial charge in [0, 0.05) is 25.3 Å². The van der Waals surface area contributed by atoms with E-state index in [4.69, 9.17) is 15.8 Å². The number of benzene rings is 2. The molecular weight excluding hydrogens is 350 g/mol. The van der Waals surface area contributed by atoms with Gasteiger partial charge in [0.2, 0.25) is 0 Å².